The van der Waals surface area contributed by atoms with Crippen LogP contribution in [0, 0.1) is 0 Å². The van der Waals surface area contributed by atoms with E-state index in [1.807, 2.05) is 0 Å². The minimum absolute atomic E-state index is 0.00155. The molecule has 0 radical (unpaired) electrons. The van der Waals surface area contributed by atoms with Gasteiger partial charge in [0, 0.05) is 25.6 Å². The van der Waals surface area contributed by atoms with E-state index in [9.17, 15) is 24.3 Å². The number of ether oxygens (including phenoxy) is 1. The Hall–Kier alpha value is -3.72. The lowest BCUT2D eigenvalue weighted by molar-refractivity contribution is -0.901. The van der Waals surface area contributed by atoms with Crippen LogP contribution in [0.25, 0.3) is 0 Å². The molecule has 0 bridgehead atoms. The van der Waals surface area contributed by atoms with E-state index in [0.717, 1.165) is 48.1 Å². The van der Waals surface area contributed by atoms with Gasteiger partial charge in [0.25, 0.3) is 0 Å². The lowest BCUT2D eigenvalue weighted by atomic mass is 10.0. The van der Waals surface area contributed by atoms with E-state index in [2.05, 4.69) is 45.3 Å². The number of hydrogen-bond acceptors (Lipinski definition) is 5. The van der Waals surface area contributed by atoms with E-state index >= 15 is 0 Å². The Balaban J connectivity index is 1.79. The highest BCUT2D eigenvalue weighted by molar-refractivity contribution is 6.03. The molecule has 2 aromatic rings. The number of hydrogen-bond donors (Lipinski definition) is 2. The third-order valence-electron chi connectivity index (χ3n) is 6.33. The van der Waals surface area contributed by atoms with Crippen LogP contribution in [0.1, 0.15) is 75.3 Å². The van der Waals surface area contributed by atoms with Crippen LogP contribution in [0.4, 0.5) is 0 Å². The molecule has 9 nitrogen and oxygen atoms in total. The molecule has 0 heterocycles. The number of nitrogens with zero attached hydrogens (tertiary/aromatic N) is 2. The van der Waals surface area contributed by atoms with E-state index in [0.29, 0.717) is 19.5 Å². The van der Waals surface area contributed by atoms with Gasteiger partial charge in [0.15, 0.2) is 0 Å². The molecule has 1 amide bonds. The minimum Gasteiger partial charge on any atom is -0.478 e. The molecule has 9 heteroatoms. The molecule has 0 unspecified atom stereocenters. The Kier molecular flexibility index (Phi) is 10.8. The predicted molar refractivity (Wildman–Crippen MR) is 138 cm³/mol. The van der Waals surface area contributed by atoms with Crippen molar-refractivity contribution in [3.63, 3.8) is 0 Å². The number of rotatable bonds is 14. The Morgan fingerprint density at radius 2 is 1.49 bits per heavy atom. The van der Waals surface area contributed by atoms with Crippen LogP contribution in [-0.4, -0.2) is 77.2 Å². The first-order chi connectivity index (χ1) is 17.4. The zero-order valence-electron chi connectivity index (χ0n) is 22.0. The second-order valence-electron chi connectivity index (χ2n) is 9.73. The van der Waals surface area contributed by atoms with Gasteiger partial charge in [-0.3, -0.25) is 4.79 Å². The van der Waals surface area contributed by atoms with Crippen molar-refractivity contribution >= 4 is 23.8 Å². The largest absolute Gasteiger partial charge is 0.478 e. The van der Waals surface area contributed by atoms with Gasteiger partial charge < -0.3 is 24.3 Å². The maximum absolute atomic E-state index is 12.2. The number of carbonyl (C=O) groups is 4. The van der Waals surface area contributed by atoms with Gasteiger partial charge in [-0.25, -0.2) is 14.4 Å². The molecule has 0 saturated heterocycles. The smallest absolute Gasteiger partial charge is 0.338 e. The molecule has 0 aliphatic carbocycles. The van der Waals surface area contributed by atoms with Crippen molar-refractivity contribution in [3.05, 3.63) is 70.3 Å². The van der Waals surface area contributed by atoms with Gasteiger partial charge in [-0.2, -0.15) is 0 Å². The van der Waals surface area contributed by atoms with Gasteiger partial charge in [-0.1, -0.05) is 24.3 Å². The van der Waals surface area contributed by atoms with Gasteiger partial charge >= 0.3 is 17.9 Å². The number of unbranched alkanes of at least 4 members (excludes halogenated alkanes) is 2. The highest BCUT2D eigenvalue weighted by Gasteiger charge is 2.19. The summed E-state index contributed by atoms with van der Waals surface area (Å²) in [4.78, 5) is 48.6. The van der Waals surface area contributed by atoms with Crippen LogP contribution in [0.15, 0.2) is 42.5 Å². The molecular weight excluding hydrogens is 476 g/mol. The lowest BCUT2D eigenvalue weighted by Gasteiger charge is -2.28. The Morgan fingerprint density at radius 1 is 0.865 bits per heavy atom. The third kappa shape index (κ3) is 9.34. The van der Waals surface area contributed by atoms with Gasteiger partial charge in [0.1, 0.15) is 6.54 Å². The number of carboxylic acids is 2. The first kappa shape index (κ1) is 29.5. The van der Waals surface area contributed by atoms with Crippen molar-refractivity contribution in [2.45, 2.75) is 46.2 Å². The van der Waals surface area contributed by atoms with Crippen molar-refractivity contribution in [1.29, 1.82) is 0 Å². The van der Waals surface area contributed by atoms with Gasteiger partial charge in [-0.15, -0.1) is 0 Å². The fraction of sp³-hybridized carbons (Fsp3) is 0.429. The number of carbonyl (C=O) groups excluding carboxylic acids is 2. The Morgan fingerprint density at radius 3 is 2.05 bits per heavy atom. The summed E-state index contributed by atoms with van der Waals surface area (Å²) >= 11 is 0. The molecule has 0 spiro atoms. The van der Waals surface area contributed by atoms with Crippen LogP contribution in [0.5, 0.6) is 0 Å². The molecule has 2 rings (SSSR count). The van der Waals surface area contributed by atoms with Crippen molar-refractivity contribution in [2.24, 2.45) is 0 Å². The number of amides is 1. The summed E-state index contributed by atoms with van der Waals surface area (Å²) < 4.78 is 6.12. The quantitative estimate of drug-likeness (QED) is 0.222. The summed E-state index contributed by atoms with van der Waals surface area (Å²) in [6, 6.07) is 11.7. The zero-order valence-corrected chi connectivity index (χ0v) is 22.0. The van der Waals surface area contributed by atoms with Crippen molar-refractivity contribution in [2.75, 3.05) is 33.8 Å². The number of aromatic carboxylic acids is 2. The summed E-state index contributed by atoms with van der Waals surface area (Å²) in [5, 5.41) is 18.3. The van der Waals surface area contributed by atoms with Crippen molar-refractivity contribution in [1.82, 2.24) is 4.90 Å². The molecule has 2 N–H and O–H groups in total. The molecule has 0 aliphatic rings. The highest BCUT2D eigenvalue weighted by atomic mass is 16.5. The normalized spacial score (nSPS) is 11.1. The molecule has 2 aromatic carbocycles. The van der Waals surface area contributed by atoms with Crippen molar-refractivity contribution < 1.29 is 38.6 Å². The minimum atomic E-state index is -1.43. The van der Waals surface area contributed by atoms with E-state index < -0.39 is 29.0 Å². The van der Waals surface area contributed by atoms with Crippen LogP contribution in [0.2, 0.25) is 0 Å². The average Bonchev–Trinajstić information content (AvgIpc) is 2.85. The monoisotopic (exact) mass is 513 g/mol. The highest BCUT2D eigenvalue weighted by Crippen LogP contribution is 2.15. The molecule has 0 fully saturated rings. The summed E-state index contributed by atoms with van der Waals surface area (Å²) in [6.07, 6.45) is 2.06. The first-order valence-electron chi connectivity index (χ1n) is 12.4. The topological polar surface area (TPSA) is 121 Å². The summed E-state index contributed by atoms with van der Waals surface area (Å²) in [6.45, 7) is 6.98. The number of esters is 1. The SMILES string of the molecule is CC[N+](C)(C)Cc1ccc(CN(CCCCCOC(=O)c2ccc(C(=O)O)c(C(=O)O)c2)C(C)=O)cc1. The molecular formula is C28H37N2O7+. The summed E-state index contributed by atoms with van der Waals surface area (Å²) in [7, 11) is 4.39. The van der Waals surface area contributed by atoms with Gasteiger partial charge in [-0.05, 0) is 49.9 Å². The van der Waals surface area contributed by atoms with Crippen LogP contribution < -0.4 is 0 Å². The summed E-state index contributed by atoms with van der Waals surface area (Å²) in [5.74, 6) is -3.53. The molecule has 0 aliphatic heterocycles. The van der Waals surface area contributed by atoms with E-state index in [1.54, 1.807) is 11.8 Å². The zero-order chi connectivity index (χ0) is 27.6. The Bertz CT molecular complexity index is 1110. The molecule has 37 heavy (non-hydrogen) atoms. The molecule has 0 saturated carbocycles. The number of benzene rings is 2. The second kappa shape index (κ2) is 13.5. The fourth-order valence-corrected chi connectivity index (χ4v) is 3.79. The Labute approximate surface area is 217 Å². The molecule has 0 atom stereocenters. The van der Waals surface area contributed by atoms with Crippen LogP contribution in [0.3, 0.4) is 0 Å². The van der Waals surface area contributed by atoms with Crippen molar-refractivity contribution in [3.8, 4) is 0 Å². The third-order valence-corrected chi connectivity index (χ3v) is 6.33. The van der Waals surface area contributed by atoms with Crippen LogP contribution >= 0.6 is 0 Å². The van der Waals surface area contributed by atoms with E-state index in [-0.39, 0.29) is 18.1 Å². The van der Waals surface area contributed by atoms with Crippen LogP contribution in [-0.2, 0) is 22.6 Å². The second-order valence-corrected chi connectivity index (χ2v) is 9.73. The van der Waals surface area contributed by atoms with Gasteiger partial charge in [0.05, 0.1) is 43.9 Å². The maximum Gasteiger partial charge on any atom is 0.338 e. The number of quaternary nitrogens is 1. The predicted octanol–water partition coefficient (Wildman–Crippen LogP) is 4.06. The standard InChI is InChI=1S/C28H36N2O7/c1-5-30(3,4)19-22-11-9-21(10-12-22)18-29(20(2)31)15-7-6-8-16-37-28(36)23-13-14-24(26(32)33)25(17-23)27(34)35/h9-14,17H,5-8,15-16,18-19H2,1-4H3,(H-,32,33,34,35)/p+1. The molecule has 200 valence electrons. The fourth-order valence-electron chi connectivity index (χ4n) is 3.79. The first-order valence-corrected chi connectivity index (χ1v) is 12.4. The maximum atomic E-state index is 12.2. The number of carboxylic acid groups (broad SMARTS) is 2. The lowest BCUT2D eigenvalue weighted by Crippen LogP contribution is -2.38. The molecule has 0 aromatic heterocycles. The van der Waals surface area contributed by atoms with E-state index in [4.69, 9.17) is 9.84 Å². The average molecular weight is 514 g/mol. The van der Waals surface area contributed by atoms with E-state index in [1.165, 1.54) is 11.6 Å². The van der Waals surface area contributed by atoms with Gasteiger partial charge in [0.2, 0.25) is 5.91 Å². The summed E-state index contributed by atoms with van der Waals surface area (Å²) in [5.41, 5.74) is 1.45.